The highest BCUT2D eigenvalue weighted by atomic mass is 35.7. The zero-order valence-corrected chi connectivity index (χ0v) is 12.9. The molecule has 0 bridgehead atoms. The van der Waals surface area contributed by atoms with Crippen molar-refractivity contribution in [3.63, 3.8) is 0 Å². The van der Waals surface area contributed by atoms with Crippen LogP contribution in [0.25, 0.3) is 0 Å². The van der Waals surface area contributed by atoms with Gasteiger partial charge in [0.2, 0.25) is 10.0 Å². The Labute approximate surface area is 116 Å². The molecule has 1 rings (SSSR count). The van der Waals surface area contributed by atoms with Gasteiger partial charge in [0.05, 0.1) is 5.75 Å². The van der Waals surface area contributed by atoms with Crippen molar-refractivity contribution in [2.75, 3.05) is 5.75 Å². The Balaban J connectivity index is 2.62. The Morgan fingerprint density at radius 1 is 1.28 bits per heavy atom. The molecule has 1 N–H and O–H groups in total. The first-order valence-corrected chi connectivity index (χ1v) is 10.0. The van der Waals surface area contributed by atoms with Crippen LogP contribution < -0.4 is 4.72 Å². The number of nitrogens with one attached hydrogen (secondary N) is 1. The van der Waals surface area contributed by atoms with E-state index in [9.17, 15) is 16.8 Å². The zero-order chi connectivity index (χ0) is 13.8. The second kappa shape index (κ2) is 6.33. The summed E-state index contributed by atoms with van der Waals surface area (Å²) in [5, 5.41) is 0. The molecule has 104 valence electrons. The first-order chi connectivity index (χ1) is 8.24. The van der Waals surface area contributed by atoms with Crippen molar-refractivity contribution in [2.45, 2.75) is 30.5 Å². The minimum absolute atomic E-state index is 0.0203. The number of hydrogen-bond acceptors (Lipinski definition) is 5. The zero-order valence-electron chi connectivity index (χ0n) is 9.72. The van der Waals surface area contributed by atoms with Gasteiger partial charge in [-0.3, -0.25) is 0 Å². The standard InChI is InChI=1S/C9H14ClNO4S3/c1-2-3-6-17(12,13)11-7-8-4-5-9(16-8)18(10,14)15/h4-5,11H,2-3,6-7H2,1H3. The highest BCUT2D eigenvalue weighted by Gasteiger charge is 2.14. The molecule has 0 aliphatic heterocycles. The second-order valence-electron chi connectivity index (χ2n) is 3.65. The second-order valence-corrected chi connectivity index (χ2v) is 9.54. The van der Waals surface area contributed by atoms with E-state index in [4.69, 9.17) is 10.7 Å². The minimum Gasteiger partial charge on any atom is -0.212 e. The van der Waals surface area contributed by atoms with Gasteiger partial charge in [-0.25, -0.2) is 21.6 Å². The van der Waals surface area contributed by atoms with E-state index in [1.54, 1.807) is 6.07 Å². The first-order valence-electron chi connectivity index (χ1n) is 5.25. The van der Waals surface area contributed by atoms with E-state index in [0.29, 0.717) is 11.3 Å². The number of thiophene rings is 1. The van der Waals surface area contributed by atoms with E-state index in [-0.39, 0.29) is 16.5 Å². The molecule has 0 aliphatic carbocycles. The number of hydrogen-bond donors (Lipinski definition) is 1. The third kappa shape index (κ3) is 5.23. The van der Waals surface area contributed by atoms with Crippen LogP contribution in [0.3, 0.4) is 0 Å². The van der Waals surface area contributed by atoms with Gasteiger partial charge in [-0.2, -0.15) is 0 Å². The number of unbranched alkanes of at least 4 members (excludes halogenated alkanes) is 1. The molecule has 0 fully saturated rings. The molecular weight excluding hydrogens is 318 g/mol. The van der Waals surface area contributed by atoms with Crippen LogP contribution in [0.2, 0.25) is 0 Å². The Morgan fingerprint density at radius 3 is 2.44 bits per heavy atom. The van der Waals surface area contributed by atoms with Gasteiger partial charge in [-0.1, -0.05) is 13.3 Å². The van der Waals surface area contributed by atoms with Crippen LogP contribution in [-0.4, -0.2) is 22.6 Å². The maximum absolute atomic E-state index is 11.5. The summed E-state index contributed by atoms with van der Waals surface area (Å²) < 4.78 is 47.5. The van der Waals surface area contributed by atoms with Crippen LogP contribution >= 0.6 is 22.0 Å². The Hall–Kier alpha value is -0.150. The molecule has 0 saturated heterocycles. The lowest BCUT2D eigenvalue weighted by Crippen LogP contribution is -2.25. The van der Waals surface area contributed by atoms with Crippen molar-refractivity contribution in [3.8, 4) is 0 Å². The fourth-order valence-corrected chi connectivity index (χ4v) is 4.51. The van der Waals surface area contributed by atoms with E-state index in [1.165, 1.54) is 6.07 Å². The van der Waals surface area contributed by atoms with Crippen molar-refractivity contribution in [1.29, 1.82) is 0 Å². The van der Waals surface area contributed by atoms with Crippen LogP contribution in [-0.2, 0) is 25.6 Å². The van der Waals surface area contributed by atoms with Gasteiger partial charge in [0, 0.05) is 22.1 Å². The lowest BCUT2D eigenvalue weighted by molar-refractivity contribution is 0.578. The van der Waals surface area contributed by atoms with E-state index >= 15 is 0 Å². The third-order valence-electron chi connectivity index (χ3n) is 2.11. The Morgan fingerprint density at radius 2 is 1.94 bits per heavy atom. The lowest BCUT2D eigenvalue weighted by atomic mass is 10.4. The summed E-state index contributed by atoms with van der Waals surface area (Å²) in [5.74, 6) is 0.0789. The minimum atomic E-state index is -3.74. The monoisotopic (exact) mass is 331 g/mol. The molecule has 0 radical (unpaired) electrons. The van der Waals surface area contributed by atoms with Crippen molar-refractivity contribution in [3.05, 3.63) is 17.0 Å². The topological polar surface area (TPSA) is 80.3 Å². The molecule has 1 heterocycles. The first kappa shape index (κ1) is 15.9. The normalized spacial score (nSPS) is 12.8. The Kier molecular flexibility index (Phi) is 5.60. The van der Waals surface area contributed by atoms with Gasteiger partial charge < -0.3 is 0 Å². The third-order valence-corrected chi connectivity index (χ3v) is 6.70. The number of sulfonamides is 1. The quantitative estimate of drug-likeness (QED) is 0.774. The van der Waals surface area contributed by atoms with Crippen molar-refractivity contribution < 1.29 is 16.8 Å². The van der Waals surface area contributed by atoms with Crippen LogP contribution in [0.4, 0.5) is 0 Å². The summed E-state index contributed by atoms with van der Waals surface area (Å²) in [5.41, 5.74) is 0. The molecule has 0 atom stereocenters. The molecule has 18 heavy (non-hydrogen) atoms. The SMILES string of the molecule is CCCCS(=O)(=O)NCc1ccc(S(=O)(=O)Cl)s1. The van der Waals surface area contributed by atoms with Crippen molar-refractivity contribution >= 4 is 41.1 Å². The molecule has 0 aromatic carbocycles. The fraction of sp³-hybridized carbons (Fsp3) is 0.556. The maximum atomic E-state index is 11.5. The van der Waals surface area contributed by atoms with Crippen LogP contribution in [0.1, 0.15) is 24.6 Å². The molecule has 1 aromatic rings. The molecular formula is C9H14ClNO4S3. The van der Waals surface area contributed by atoms with E-state index in [2.05, 4.69) is 4.72 Å². The van der Waals surface area contributed by atoms with E-state index < -0.39 is 19.1 Å². The van der Waals surface area contributed by atoms with Crippen LogP contribution in [0, 0.1) is 0 Å². The van der Waals surface area contributed by atoms with E-state index in [0.717, 1.165) is 17.8 Å². The van der Waals surface area contributed by atoms with Gasteiger partial charge in [0.1, 0.15) is 4.21 Å². The van der Waals surface area contributed by atoms with Crippen LogP contribution in [0.5, 0.6) is 0 Å². The van der Waals surface area contributed by atoms with Crippen LogP contribution in [0.15, 0.2) is 16.3 Å². The van der Waals surface area contributed by atoms with Gasteiger partial charge in [0.25, 0.3) is 9.05 Å². The lowest BCUT2D eigenvalue weighted by Gasteiger charge is -2.04. The van der Waals surface area contributed by atoms with Gasteiger partial charge >= 0.3 is 0 Å². The summed E-state index contributed by atoms with van der Waals surface area (Å²) in [6, 6.07) is 2.91. The maximum Gasteiger partial charge on any atom is 0.270 e. The predicted molar refractivity (Wildman–Crippen MR) is 72.9 cm³/mol. The number of rotatable bonds is 7. The van der Waals surface area contributed by atoms with Gasteiger partial charge in [-0.05, 0) is 18.6 Å². The molecule has 1 aromatic heterocycles. The van der Waals surface area contributed by atoms with Crippen molar-refractivity contribution in [2.24, 2.45) is 0 Å². The Bertz CT molecular complexity index is 591. The molecule has 9 heteroatoms. The summed E-state index contributed by atoms with van der Waals surface area (Å²) in [4.78, 5) is 0.606. The van der Waals surface area contributed by atoms with E-state index in [1.807, 2.05) is 6.92 Å². The largest absolute Gasteiger partial charge is 0.270 e. The molecule has 0 amide bonds. The fourth-order valence-electron chi connectivity index (χ4n) is 1.17. The summed E-state index contributed by atoms with van der Waals surface area (Å²) >= 11 is 0.957. The predicted octanol–water partition coefficient (Wildman–Crippen LogP) is 1.90. The van der Waals surface area contributed by atoms with Crippen molar-refractivity contribution in [1.82, 2.24) is 4.72 Å². The highest BCUT2D eigenvalue weighted by Crippen LogP contribution is 2.24. The smallest absolute Gasteiger partial charge is 0.212 e. The molecule has 0 aliphatic rings. The number of halogens is 1. The summed E-state index contributed by atoms with van der Waals surface area (Å²) in [6.45, 7) is 2.00. The summed E-state index contributed by atoms with van der Waals surface area (Å²) in [7, 11) is -1.86. The molecule has 5 nitrogen and oxygen atoms in total. The average Bonchev–Trinajstić information content (AvgIpc) is 2.72. The van der Waals surface area contributed by atoms with Gasteiger partial charge in [-0.15, -0.1) is 11.3 Å². The average molecular weight is 332 g/mol. The molecule has 0 unspecified atom stereocenters. The highest BCUT2D eigenvalue weighted by molar-refractivity contribution is 8.15. The van der Waals surface area contributed by atoms with Gasteiger partial charge in [0.15, 0.2) is 0 Å². The summed E-state index contributed by atoms with van der Waals surface area (Å²) in [6.07, 6.45) is 1.40. The molecule has 0 saturated carbocycles. The molecule has 0 spiro atoms.